The van der Waals surface area contributed by atoms with Gasteiger partial charge in [0.25, 0.3) is 5.56 Å². The lowest BCUT2D eigenvalue weighted by Gasteiger charge is -2.16. The van der Waals surface area contributed by atoms with Gasteiger partial charge in [0.1, 0.15) is 17.8 Å². The first-order valence-electron chi connectivity index (χ1n) is 9.02. The molecule has 0 N–H and O–H groups in total. The zero-order valence-electron chi connectivity index (χ0n) is 16.7. The van der Waals surface area contributed by atoms with Crippen molar-refractivity contribution in [3.05, 3.63) is 55.6 Å². The fraction of sp³-hybridized carbons (Fsp3) is 0.421. The largest absolute Gasteiger partial charge is 0.431 e. The molecule has 0 bridgehead atoms. The summed E-state index contributed by atoms with van der Waals surface area (Å²) in [4.78, 5) is 35.9. The summed E-state index contributed by atoms with van der Waals surface area (Å²) in [6, 6.07) is 2.13. The Kier molecular flexibility index (Phi) is 9.35. The molecular formula is C19H21ClF4N2O3S. The van der Waals surface area contributed by atoms with Crippen LogP contribution in [0.3, 0.4) is 0 Å². The normalized spacial score (nSPS) is 12.2. The Balaban J connectivity index is 0.00000218. The van der Waals surface area contributed by atoms with E-state index in [4.69, 9.17) is 11.6 Å². The first-order valence-corrected chi connectivity index (χ1v) is 10.3. The topological polar surface area (TPSA) is 61.1 Å². The number of hydrogen-bond acceptors (Lipinski definition) is 4. The molecule has 1 aromatic heterocycles. The lowest BCUT2D eigenvalue weighted by atomic mass is 10.3. The van der Waals surface area contributed by atoms with Crippen molar-refractivity contribution >= 4 is 29.6 Å². The van der Waals surface area contributed by atoms with E-state index in [0.29, 0.717) is 23.7 Å². The molecule has 11 heteroatoms. The van der Waals surface area contributed by atoms with Crippen LogP contribution >= 0.6 is 23.4 Å². The van der Waals surface area contributed by atoms with Crippen LogP contribution in [-0.2, 0) is 18.0 Å². The van der Waals surface area contributed by atoms with E-state index < -0.39 is 39.9 Å². The molecular weight excluding hydrogens is 448 g/mol. The van der Waals surface area contributed by atoms with Gasteiger partial charge >= 0.3 is 11.9 Å². The molecule has 0 aliphatic carbocycles. The third kappa shape index (κ3) is 5.75. The van der Waals surface area contributed by atoms with Gasteiger partial charge in [0, 0.05) is 18.0 Å². The van der Waals surface area contributed by atoms with Crippen LogP contribution in [0.15, 0.2) is 32.7 Å². The predicted molar refractivity (Wildman–Crippen MR) is 109 cm³/mol. The van der Waals surface area contributed by atoms with E-state index in [0.717, 1.165) is 30.9 Å². The van der Waals surface area contributed by atoms with Gasteiger partial charge in [-0.15, -0.1) is 11.8 Å². The molecule has 0 saturated heterocycles. The fourth-order valence-electron chi connectivity index (χ4n) is 2.50. The molecule has 0 radical (unpaired) electrons. The number of aromatic nitrogens is 2. The number of benzene rings is 1. The Morgan fingerprint density at radius 2 is 1.80 bits per heavy atom. The number of thioether (sulfide) groups is 1. The first-order chi connectivity index (χ1) is 14.0. The Labute approximate surface area is 179 Å². The van der Waals surface area contributed by atoms with Gasteiger partial charge in [0.05, 0.1) is 16.0 Å². The van der Waals surface area contributed by atoms with Crippen LogP contribution in [0.4, 0.5) is 17.6 Å². The van der Waals surface area contributed by atoms with E-state index >= 15 is 0 Å². The Morgan fingerprint density at radius 3 is 2.30 bits per heavy atom. The molecule has 1 heterocycles. The molecule has 1 unspecified atom stereocenters. The standard InChI is InChI=1S/C17H15ClF4N2O3S.C2H6/c1-3-4-9(8-25)28-13-6-12(11(19)5-10(13)18)24-15(26)7-14(17(20,21)22)23(2)16(24)27;1-2/h5-9H,3-4H2,1-2H3;1-2H3. The van der Waals surface area contributed by atoms with Crippen molar-refractivity contribution in [2.45, 2.75) is 49.9 Å². The number of carbonyl (C=O) groups excluding carboxylic acids is 1. The fourth-order valence-corrected chi connectivity index (χ4v) is 3.87. The third-order valence-electron chi connectivity index (χ3n) is 3.86. The molecule has 5 nitrogen and oxygen atoms in total. The van der Waals surface area contributed by atoms with Crippen LogP contribution in [0.2, 0.25) is 5.02 Å². The van der Waals surface area contributed by atoms with Crippen molar-refractivity contribution in [3.8, 4) is 5.69 Å². The Hall–Kier alpha value is -2.07. The van der Waals surface area contributed by atoms with E-state index in [-0.39, 0.29) is 20.6 Å². The SMILES string of the molecule is CC.CCCC(C=O)Sc1cc(-n2c(=O)cc(C(F)(F)F)n(C)c2=O)c(F)cc1Cl. The van der Waals surface area contributed by atoms with Crippen molar-refractivity contribution in [1.29, 1.82) is 0 Å². The van der Waals surface area contributed by atoms with E-state index in [1.807, 2.05) is 20.8 Å². The number of rotatable bonds is 6. The molecule has 0 aliphatic heterocycles. The minimum absolute atomic E-state index is 0.0500. The second kappa shape index (κ2) is 10.8. The van der Waals surface area contributed by atoms with Crippen LogP contribution in [0, 0.1) is 5.82 Å². The minimum Gasteiger partial charge on any atom is -0.302 e. The average molecular weight is 469 g/mol. The smallest absolute Gasteiger partial charge is 0.302 e. The molecule has 0 saturated carbocycles. The lowest BCUT2D eigenvalue weighted by Crippen LogP contribution is -2.41. The zero-order valence-corrected chi connectivity index (χ0v) is 18.3. The zero-order chi connectivity index (χ0) is 23.2. The predicted octanol–water partition coefficient (Wildman–Crippen LogP) is 4.83. The van der Waals surface area contributed by atoms with Crippen molar-refractivity contribution < 1.29 is 22.4 Å². The van der Waals surface area contributed by atoms with E-state index in [1.165, 1.54) is 0 Å². The molecule has 0 aliphatic rings. The number of hydrogen-bond donors (Lipinski definition) is 0. The Morgan fingerprint density at radius 1 is 1.20 bits per heavy atom. The molecule has 0 fully saturated rings. The second-order valence-electron chi connectivity index (χ2n) is 5.86. The average Bonchev–Trinajstić information content (AvgIpc) is 2.68. The summed E-state index contributed by atoms with van der Waals surface area (Å²) in [5.41, 5.74) is -4.70. The van der Waals surface area contributed by atoms with E-state index in [9.17, 15) is 31.9 Å². The number of nitrogens with zero attached hydrogens (tertiary/aromatic N) is 2. The highest BCUT2D eigenvalue weighted by Gasteiger charge is 2.35. The van der Waals surface area contributed by atoms with E-state index in [2.05, 4.69) is 0 Å². The number of alkyl halides is 3. The van der Waals surface area contributed by atoms with Crippen LogP contribution in [0.25, 0.3) is 5.69 Å². The first kappa shape index (κ1) is 26.0. The van der Waals surface area contributed by atoms with Gasteiger partial charge in [-0.25, -0.2) is 13.8 Å². The molecule has 1 atom stereocenters. The maximum absolute atomic E-state index is 14.4. The molecule has 1 aromatic carbocycles. The monoisotopic (exact) mass is 468 g/mol. The van der Waals surface area contributed by atoms with Gasteiger partial charge in [-0.2, -0.15) is 13.2 Å². The van der Waals surface area contributed by atoms with Crippen LogP contribution in [0.1, 0.15) is 39.3 Å². The van der Waals surface area contributed by atoms with Crippen molar-refractivity contribution in [1.82, 2.24) is 9.13 Å². The van der Waals surface area contributed by atoms with Gasteiger partial charge in [0.2, 0.25) is 0 Å². The minimum atomic E-state index is -4.93. The third-order valence-corrected chi connectivity index (χ3v) is 5.52. The van der Waals surface area contributed by atoms with Crippen LogP contribution in [-0.4, -0.2) is 20.7 Å². The van der Waals surface area contributed by atoms with Crippen molar-refractivity contribution in [2.75, 3.05) is 0 Å². The van der Waals surface area contributed by atoms with Gasteiger partial charge < -0.3 is 4.79 Å². The molecule has 2 rings (SSSR count). The summed E-state index contributed by atoms with van der Waals surface area (Å²) in [5, 5.41) is -0.543. The maximum atomic E-state index is 14.4. The summed E-state index contributed by atoms with van der Waals surface area (Å²) in [6.07, 6.45) is -3.03. The summed E-state index contributed by atoms with van der Waals surface area (Å²) < 4.78 is 53.8. The summed E-state index contributed by atoms with van der Waals surface area (Å²) in [6.45, 7) is 5.86. The second-order valence-corrected chi connectivity index (χ2v) is 7.55. The molecule has 30 heavy (non-hydrogen) atoms. The highest BCUT2D eigenvalue weighted by molar-refractivity contribution is 8.00. The number of halogens is 5. The maximum Gasteiger partial charge on any atom is 0.431 e. The Bertz CT molecular complexity index is 1020. The molecule has 2 aromatic rings. The number of aldehydes is 1. The highest BCUT2D eigenvalue weighted by Crippen LogP contribution is 2.34. The van der Waals surface area contributed by atoms with Gasteiger partial charge in [-0.3, -0.25) is 9.36 Å². The van der Waals surface area contributed by atoms with Crippen LogP contribution in [0.5, 0.6) is 0 Å². The van der Waals surface area contributed by atoms with Gasteiger partial charge in [-0.1, -0.05) is 38.8 Å². The van der Waals surface area contributed by atoms with Gasteiger partial charge in [-0.05, 0) is 18.6 Å². The van der Waals surface area contributed by atoms with Crippen LogP contribution < -0.4 is 11.2 Å². The summed E-state index contributed by atoms with van der Waals surface area (Å²) in [5.74, 6) is -1.06. The molecule has 0 amide bonds. The van der Waals surface area contributed by atoms with E-state index in [1.54, 1.807) is 0 Å². The summed E-state index contributed by atoms with van der Waals surface area (Å²) in [7, 11) is 0.828. The highest BCUT2D eigenvalue weighted by atomic mass is 35.5. The van der Waals surface area contributed by atoms with Crippen molar-refractivity contribution in [3.63, 3.8) is 0 Å². The molecule has 0 spiro atoms. The number of carbonyl (C=O) groups is 1. The van der Waals surface area contributed by atoms with Crippen molar-refractivity contribution in [2.24, 2.45) is 7.05 Å². The summed E-state index contributed by atoms with van der Waals surface area (Å²) >= 11 is 7.00. The van der Waals surface area contributed by atoms with Gasteiger partial charge in [0.15, 0.2) is 0 Å². The molecule has 166 valence electrons. The quantitative estimate of drug-likeness (QED) is 0.346. The lowest BCUT2D eigenvalue weighted by molar-refractivity contribution is -0.144.